The van der Waals surface area contributed by atoms with Crippen molar-refractivity contribution >= 4 is 27.4 Å². The van der Waals surface area contributed by atoms with E-state index in [0.717, 1.165) is 25.9 Å². The molecule has 1 aromatic rings. The number of aromatic nitrogens is 1. The Labute approximate surface area is 120 Å². The number of nitro groups is 1. The lowest BCUT2D eigenvalue weighted by Crippen LogP contribution is -2.42. The van der Waals surface area contributed by atoms with E-state index < -0.39 is 0 Å². The third-order valence-electron chi connectivity index (χ3n) is 3.50. The van der Waals surface area contributed by atoms with Gasteiger partial charge in [-0.1, -0.05) is 0 Å². The van der Waals surface area contributed by atoms with Crippen molar-refractivity contribution in [3.63, 3.8) is 0 Å². The smallest absolute Gasteiger partial charge is 0.312 e. The molecule has 0 aliphatic carbocycles. The fourth-order valence-electron chi connectivity index (χ4n) is 2.39. The molecule has 0 unspecified atom stereocenters. The Bertz CT molecular complexity index is 473. The summed E-state index contributed by atoms with van der Waals surface area (Å²) in [6, 6.07) is 2.06. The summed E-state index contributed by atoms with van der Waals surface area (Å²) in [4.78, 5) is 19.2. The SMILES string of the molecule is CN(C)C1CCN(c2ncc(Br)cc2[N+](=O)[O-])CC1. The lowest BCUT2D eigenvalue weighted by molar-refractivity contribution is -0.384. The molecule has 1 aliphatic rings. The minimum Gasteiger partial charge on any atom is -0.351 e. The highest BCUT2D eigenvalue weighted by Crippen LogP contribution is 2.30. The van der Waals surface area contributed by atoms with Crippen molar-refractivity contribution in [1.82, 2.24) is 9.88 Å². The number of rotatable bonds is 3. The van der Waals surface area contributed by atoms with Crippen LogP contribution in [0.5, 0.6) is 0 Å². The summed E-state index contributed by atoms with van der Waals surface area (Å²) >= 11 is 3.23. The maximum Gasteiger partial charge on any atom is 0.312 e. The molecule has 0 amide bonds. The highest BCUT2D eigenvalue weighted by atomic mass is 79.9. The maximum absolute atomic E-state index is 11.1. The molecule has 1 aromatic heterocycles. The first kappa shape index (κ1) is 14.2. The average Bonchev–Trinajstić information content (AvgIpc) is 2.38. The molecule has 0 bridgehead atoms. The fourth-order valence-corrected chi connectivity index (χ4v) is 2.71. The van der Waals surface area contributed by atoms with Gasteiger partial charge < -0.3 is 9.80 Å². The normalized spacial score (nSPS) is 16.9. The van der Waals surface area contributed by atoms with Crippen LogP contribution in [0.4, 0.5) is 11.5 Å². The monoisotopic (exact) mass is 328 g/mol. The molecule has 0 saturated carbocycles. The van der Waals surface area contributed by atoms with E-state index in [1.54, 1.807) is 6.20 Å². The van der Waals surface area contributed by atoms with E-state index in [0.29, 0.717) is 16.3 Å². The third-order valence-corrected chi connectivity index (χ3v) is 3.94. The Morgan fingerprint density at radius 2 is 2.11 bits per heavy atom. The van der Waals surface area contributed by atoms with Crippen LogP contribution in [0.15, 0.2) is 16.7 Å². The minimum absolute atomic E-state index is 0.0673. The van der Waals surface area contributed by atoms with Gasteiger partial charge in [0.05, 0.1) is 4.92 Å². The summed E-state index contributed by atoms with van der Waals surface area (Å²) in [5, 5.41) is 11.1. The summed E-state index contributed by atoms with van der Waals surface area (Å²) in [5.74, 6) is 0.477. The van der Waals surface area contributed by atoms with Crippen molar-refractivity contribution in [3.05, 3.63) is 26.9 Å². The molecular formula is C12H17BrN4O2. The van der Waals surface area contributed by atoms with Crippen LogP contribution in [-0.4, -0.2) is 48.0 Å². The van der Waals surface area contributed by atoms with Gasteiger partial charge in [0, 0.05) is 35.9 Å². The van der Waals surface area contributed by atoms with Gasteiger partial charge in [0.2, 0.25) is 5.82 Å². The van der Waals surface area contributed by atoms with Crippen LogP contribution in [0.3, 0.4) is 0 Å². The number of anilines is 1. The van der Waals surface area contributed by atoms with E-state index >= 15 is 0 Å². The standard InChI is InChI=1S/C12H17BrN4O2/c1-15(2)10-3-5-16(6-4-10)12-11(17(18)19)7-9(13)8-14-12/h7-8,10H,3-6H2,1-2H3. The zero-order chi connectivity index (χ0) is 14.0. The van der Waals surface area contributed by atoms with Crippen molar-refractivity contribution in [1.29, 1.82) is 0 Å². The number of halogens is 1. The summed E-state index contributed by atoms with van der Waals surface area (Å²) in [6.45, 7) is 1.61. The van der Waals surface area contributed by atoms with Crippen LogP contribution in [0.25, 0.3) is 0 Å². The highest BCUT2D eigenvalue weighted by Gasteiger charge is 2.26. The molecule has 2 rings (SSSR count). The predicted octanol–water partition coefficient (Wildman–Crippen LogP) is 2.28. The molecule has 1 saturated heterocycles. The maximum atomic E-state index is 11.1. The van der Waals surface area contributed by atoms with Crippen LogP contribution in [0, 0.1) is 10.1 Å². The molecule has 6 nitrogen and oxygen atoms in total. The van der Waals surface area contributed by atoms with E-state index in [1.165, 1.54) is 6.07 Å². The molecular weight excluding hydrogens is 312 g/mol. The van der Waals surface area contributed by atoms with Crippen molar-refractivity contribution in [2.45, 2.75) is 18.9 Å². The summed E-state index contributed by atoms with van der Waals surface area (Å²) in [7, 11) is 4.14. The molecule has 7 heteroatoms. The van der Waals surface area contributed by atoms with Crippen LogP contribution in [-0.2, 0) is 0 Å². The first-order chi connectivity index (χ1) is 8.99. The zero-order valence-corrected chi connectivity index (χ0v) is 12.6. The van der Waals surface area contributed by atoms with Crippen LogP contribution in [0.1, 0.15) is 12.8 Å². The first-order valence-electron chi connectivity index (χ1n) is 6.20. The molecule has 1 aliphatic heterocycles. The predicted molar refractivity (Wildman–Crippen MR) is 77.5 cm³/mol. The van der Waals surface area contributed by atoms with Gasteiger partial charge in [0.15, 0.2) is 0 Å². The van der Waals surface area contributed by atoms with Gasteiger partial charge in [-0.05, 0) is 42.9 Å². The van der Waals surface area contributed by atoms with Crippen LogP contribution >= 0.6 is 15.9 Å². The lowest BCUT2D eigenvalue weighted by Gasteiger charge is -2.35. The molecule has 0 atom stereocenters. The van der Waals surface area contributed by atoms with Crippen molar-refractivity contribution in [3.8, 4) is 0 Å². The molecule has 104 valence electrons. The van der Waals surface area contributed by atoms with Crippen LogP contribution < -0.4 is 4.90 Å². The average molecular weight is 329 g/mol. The quantitative estimate of drug-likeness (QED) is 0.629. The van der Waals surface area contributed by atoms with Gasteiger partial charge in [0.1, 0.15) is 0 Å². The Hall–Kier alpha value is -1.21. The molecule has 19 heavy (non-hydrogen) atoms. The van der Waals surface area contributed by atoms with Crippen molar-refractivity contribution < 1.29 is 4.92 Å². The number of hydrogen-bond donors (Lipinski definition) is 0. The van der Waals surface area contributed by atoms with Gasteiger partial charge in [0.25, 0.3) is 0 Å². The van der Waals surface area contributed by atoms with E-state index in [4.69, 9.17) is 0 Å². The van der Waals surface area contributed by atoms with E-state index in [-0.39, 0.29) is 10.6 Å². The molecule has 0 radical (unpaired) electrons. The Kier molecular flexibility index (Phi) is 4.36. The van der Waals surface area contributed by atoms with E-state index in [2.05, 4.69) is 39.9 Å². The first-order valence-corrected chi connectivity index (χ1v) is 6.99. The second kappa shape index (κ2) is 5.83. The molecule has 1 fully saturated rings. The van der Waals surface area contributed by atoms with E-state index in [9.17, 15) is 10.1 Å². The van der Waals surface area contributed by atoms with Crippen molar-refractivity contribution in [2.75, 3.05) is 32.1 Å². The van der Waals surface area contributed by atoms with Gasteiger partial charge >= 0.3 is 5.69 Å². The minimum atomic E-state index is -0.370. The van der Waals surface area contributed by atoms with E-state index in [1.807, 2.05) is 4.90 Å². The number of hydrogen-bond acceptors (Lipinski definition) is 5. The van der Waals surface area contributed by atoms with Crippen LogP contribution in [0.2, 0.25) is 0 Å². The second-order valence-corrected chi connectivity index (χ2v) is 5.85. The molecule has 2 heterocycles. The Morgan fingerprint density at radius 3 is 2.63 bits per heavy atom. The summed E-state index contributed by atoms with van der Waals surface area (Å²) in [5.41, 5.74) is 0.0673. The summed E-state index contributed by atoms with van der Waals surface area (Å²) < 4.78 is 0.631. The fraction of sp³-hybridized carbons (Fsp3) is 0.583. The number of pyridine rings is 1. The van der Waals surface area contributed by atoms with Gasteiger partial charge in [-0.15, -0.1) is 0 Å². The second-order valence-electron chi connectivity index (χ2n) is 4.94. The Balaban J connectivity index is 2.17. The zero-order valence-electron chi connectivity index (χ0n) is 11.0. The summed E-state index contributed by atoms with van der Waals surface area (Å²) in [6.07, 6.45) is 3.62. The van der Waals surface area contributed by atoms with Gasteiger partial charge in [-0.25, -0.2) is 4.98 Å². The largest absolute Gasteiger partial charge is 0.351 e. The lowest BCUT2D eigenvalue weighted by atomic mass is 10.0. The van der Waals surface area contributed by atoms with Crippen molar-refractivity contribution in [2.24, 2.45) is 0 Å². The topological polar surface area (TPSA) is 62.5 Å². The molecule has 0 N–H and O–H groups in total. The molecule has 0 aromatic carbocycles. The molecule has 0 spiro atoms. The number of piperidine rings is 1. The Morgan fingerprint density at radius 1 is 1.47 bits per heavy atom. The number of nitrogens with zero attached hydrogens (tertiary/aromatic N) is 4. The van der Waals surface area contributed by atoms with Gasteiger partial charge in [-0.2, -0.15) is 0 Å². The third kappa shape index (κ3) is 3.22. The highest BCUT2D eigenvalue weighted by molar-refractivity contribution is 9.10. The van der Waals surface area contributed by atoms with Gasteiger partial charge in [-0.3, -0.25) is 10.1 Å².